The maximum Gasteiger partial charge on any atom is 0.237 e. The molecule has 1 heterocycles. The number of para-hydroxylation sites is 1. The molecule has 5 nitrogen and oxygen atoms in total. The van der Waals surface area contributed by atoms with Gasteiger partial charge in [0.15, 0.2) is 0 Å². The third-order valence-electron chi connectivity index (χ3n) is 3.62. The van der Waals surface area contributed by atoms with Gasteiger partial charge in [0, 0.05) is 13.1 Å². The molecule has 20 heavy (non-hydrogen) atoms. The first-order valence-electron chi connectivity index (χ1n) is 6.93. The second-order valence-corrected chi connectivity index (χ2v) is 5.07. The molecule has 1 aliphatic rings. The molecule has 0 bridgehead atoms. The Morgan fingerprint density at radius 2 is 2.25 bits per heavy atom. The topological polar surface area (TPSA) is 64.8 Å². The summed E-state index contributed by atoms with van der Waals surface area (Å²) >= 11 is 0. The first-order chi connectivity index (χ1) is 9.59. The fourth-order valence-electron chi connectivity index (χ4n) is 2.54. The SMILES string of the molecule is Cc1ccccc1OCCN1CCO[C@H](C)[C@H]1C(N)=O. The number of carbonyl (C=O) groups excluding carboxylic acids is 1. The minimum Gasteiger partial charge on any atom is -0.492 e. The molecule has 1 aromatic rings. The van der Waals surface area contributed by atoms with E-state index in [9.17, 15) is 4.79 Å². The molecule has 0 spiro atoms. The molecule has 0 saturated carbocycles. The molecule has 0 aromatic heterocycles. The van der Waals surface area contributed by atoms with Crippen molar-refractivity contribution >= 4 is 5.91 Å². The van der Waals surface area contributed by atoms with Crippen molar-refractivity contribution in [2.45, 2.75) is 26.0 Å². The van der Waals surface area contributed by atoms with Gasteiger partial charge in [-0.25, -0.2) is 0 Å². The van der Waals surface area contributed by atoms with E-state index in [2.05, 4.69) is 0 Å². The van der Waals surface area contributed by atoms with Crippen LogP contribution in [-0.4, -0.2) is 49.3 Å². The molecule has 110 valence electrons. The highest BCUT2D eigenvalue weighted by molar-refractivity contribution is 5.80. The van der Waals surface area contributed by atoms with Gasteiger partial charge >= 0.3 is 0 Å². The number of rotatable bonds is 5. The summed E-state index contributed by atoms with van der Waals surface area (Å²) < 4.78 is 11.3. The smallest absolute Gasteiger partial charge is 0.237 e. The molecule has 0 unspecified atom stereocenters. The van der Waals surface area contributed by atoms with Crippen LogP contribution in [0.3, 0.4) is 0 Å². The summed E-state index contributed by atoms with van der Waals surface area (Å²) in [6, 6.07) is 7.52. The average molecular weight is 278 g/mol. The number of hydrogen-bond acceptors (Lipinski definition) is 4. The molecule has 1 fully saturated rings. The Labute approximate surface area is 119 Å². The number of carbonyl (C=O) groups is 1. The lowest BCUT2D eigenvalue weighted by atomic mass is 10.1. The van der Waals surface area contributed by atoms with Crippen LogP contribution in [-0.2, 0) is 9.53 Å². The lowest BCUT2D eigenvalue weighted by Gasteiger charge is -2.37. The molecule has 1 aliphatic heterocycles. The minimum absolute atomic E-state index is 0.167. The van der Waals surface area contributed by atoms with E-state index in [1.54, 1.807) is 0 Å². The Bertz CT molecular complexity index is 464. The van der Waals surface area contributed by atoms with Crippen LogP contribution in [0.15, 0.2) is 24.3 Å². The van der Waals surface area contributed by atoms with Gasteiger partial charge in [0.25, 0.3) is 0 Å². The third kappa shape index (κ3) is 3.49. The zero-order valence-electron chi connectivity index (χ0n) is 12.0. The van der Waals surface area contributed by atoms with Crippen molar-refractivity contribution in [3.05, 3.63) is 29.8 Å². The zero-order chi connectivity index (χ0) is 14.5. The molecule has 2 N–H and O–H groups in total. The second kappa shape index (κ2) is 6.72. The normalized spacial score (nSPS) is 23.5. The van der Waals surface area contributed by atoms with Gasteiger partial charge < -0.3 is 15.2 Å². The monoisotopic (exact) mass is 278 g/mol. The van der Waals surface area contributed by atoms with Crippen molar-refractivity contribution in [3.8, 4) is 5.75 Å². The van der Waals surface area contributed by atoms with Crippen LogP contribution in [0.4, 0.5) is 0 Å². The van der Waals surface area contributed by atoms with E-state index < -0.39 is 0 Å². The summed E-state index contributed by atoms with van der Waals surface area (Å²) in [6.07, 6.45) is -0.167. The van der Waals surface area contributed by atoms with Crippen molar-refractivity contribution in [1.29, 1.82) is 0 Å². The second-order valence-electron chi connectivity index (χ2n) is 5.07. The van der Waals surface area contributed by atoms with Crippen LogP contribution in [0.25, 0.3) is 0 Å². The maximum atomic E-state index is 11.5. The number of aryl methyl sites for hydroxylation is 1. The molecule has 0 aliphatic carbocycles. The van der Waals surface area contributed by atoms with Crippen molar-refractivity contribution in [3.63, 3.8) is 0 Å². The van der Waals surface area contributed by atoms with Gasteiger partial charge in [-0.3, -0.25) is 9.69 Å². The summed E-state index contributed by atoms with van der Waals surface area (Å²) in [5.74, 6) is 0.539. The largest absolute Gasteiger partial charge is 0.492 e. The standard InChI is InChI=1S/C15H22N2O3/c1-11-5-3-4-6-13(11)20-10-8-17-7-9-19-12(2)14(17)15(16)18/h3-6,12,14H,7-10H2,1-2H3,(H2,16,18)/t12-,14+/m1/s1. The van der Waals surface area contributed by atoms with Gasteiger partial charge in [-0.05, 0) is 25.5 Å². The van der Waals surface area contributed by atoms with Gasteiger partial charge in [0.1, 0.15) is 18.4 Å². The summed E-state index contributed by atoms with van der Waals surface area (Å²) in [6.45, 7) is 6.41. The minimum atomic E-state index is -0.371. The third-order valence-corrected chi connectivity index (χ3v) is 3.62. The zero-order valence-corrected chi connectivity index (χ0v) is 12.0. The lowest BCUT2D eigenvalue weighted by molar-refractivity contribution is -0.136. The molecule has 1 saturated heterocycles. The van der Waals surface area contributed by atoms with Crippen LogP contribution < -0.4 is 10.5 Å². The van der Waals surface area contributed by atoms with Crippen molar-refractivity contribution in [1.82, 2.24) is 4.90 Å². The van der Waals surface area contributed by atoms with E-state index in [0.29, 0.717) is 26.3 Å². The van der Waals surface area contributed by atoms with E-state index >= 15 is 0 Å². The van der Waals surface area contributed by atoms with Crippen LogP contribution in [0.5, 0.6) is 5.75 Å². The highest BCUT2D eigenvalue weighted by atomic mass is 16.5. The van der Waals surface area contributed by atoms with Gasteiger partial charge in [0.05, 0.1) is 12.7 Å². The van der Waals surface area contributed by atoms with E-state index in [0.717, 1.165) is 11.3 Å². The van der Waals surface area contributed by atoms with Crippen molar-refractivity contribution in [2.24, 2.45) is 5.73 Å². The summed E-state index contributed by atoms with van der Waals surface area (Å²) in [5.41, 5.74) is 6.56. The highest BCUT2D eigenvalue weighted by Gasteiger charge is 2.33. The number of ether oxygens (including phenoxy) is 2. The Kier molecular flexibility index (Phi) is 4.98. The van der Waals surface area contributed by atoms with Crippen LogP contribution >= 0.6 is 0 Å². The molecular weight excluding hydrogens is 256 g/mol. The lowest BCUT2D eigenvalue weighted by Crippen LogP contribution is -2.57. The predicted molar refractivity (Wildman–Crippen MR) is 76.6 cm³/mol. The van der Waals surface area contributed by atoms with E-state index in [1.807, 2.05) is 43.0 Å². The van der Waals surface area contributed by atoms with Gasteiger partial charge in [-0.2, -0.15) is 0 Å². The van der Waals surface area contributed by atoms with E-state index in [-0.39, 0.29) is 18.1 Å². The number of amides is 1. The van der Waals surface area contributed by atoms with E-state index in [4.69, 9.17) is 15.2 Å². The Balaban J connectivity index is 1.89. The number of hydrogen-bond donors (Lipinski definition) is 1. The maximum absolute atomic E-state index is 11.5. The fourth-order valence-corrected chi connectivity index (χ4v) is 2.54. The number of nitrogens with zero attached hydrogens (tertiary/aromatic N) is 1. The number of morpholine rings is 1. The van der Waals surface area contributed by atoms with E-state index in [1.165, 1.54) is 0 Å². The summed E-state index contributed by atoms with van der Waals surface area (Å²) in [5, 5.41) is 0. The van der Waals surface area contributed by atoms with Crippen LogP contribution in [0, 0.1) is 6.92 Å². The molecule has 0 radical (unpaired) electrons. The first kappa shape index (κ1) is 14.8. The van der Waals surface area contributed by atoms with Gasteiger partial charge in [-0.1, -0.05) is 18.2 Å². The molecule has 5 heteroatoms. The molecular formula is C15H22N2O3. The van der Waals surface area contributed by atoms with Crippen LogP contribution in [0.1, 0.15) is 12.5 Å². The summed E-state index contributed by atoms with van der Waals surface area (Å²) in [7, 11) is 0. The Morgan fingerprint density at radius 1 is 1.50 bits per heavy atom. The van der Waals surface area contributed by atoms with Crippen molar-refractivity contribution in [2.75, 3.05) is 26.3 Å². The first-order valence-corrected chi connectivity index (χ1v) is 6.93. The molecule has 1 aromatic carbocycles. The summed E-state index contributed by atoms with van der Waals surface area (Å²) in [4.78, 5) is 13.6. The average Bonchev–Trinajstić information content (AvgIpc) is 2.40. The van der Waals surface area contributed by atoms with Gasteiger partial charge in [-0.15, -0.1) is 0 Å². The number of primary amides is 1. The van der Waals surface area contributed by atoms with Gasteiger partial charge in [0.2, 0.25) is 5.91 Å². The highest BCUT2D eigenvalue weighted by Crippen LogP contribution is 2.17. The molecule has 1 amide bonds. The Hall–Kier alpha value is -1.59. The Morgan fingerprint density at radius 3 is 2.95 bits per heavy atom. The van der Waals surface area contributed by atoms with Crippen LogP contribution in [0.2, 0.25) is 0 Å². The molecule has 2 rings (SSSR count). The molecule has 2 atom stereocenters. The quantitative estimate of drug-likeness (QED) is 0.871. The number of benzene rings is 1. The fraction of sp³-hybridized carbons (Fsp3) is 0.533. The predicted octanol–water partition coefficient (Wildman–Crippen LogP) is 0.948. The number of nitrogens with two attached hydrogens (primary N) is 1. The van der Waals surface area contributed by atoms with Crippen molar-refractivity contribution < 1.29 is 14.3 Å².